The SMILES string of the molecule is CC(c1cnn(-c2cncc(N(C)C)n2)c1)n1ccc(Cl)cc1=O. The van der Waals surface area contributed by atoms with Gasteiger partial charge in [-0.25, -0.2) is 9.67 Å². The smallest absolute Gasteiger partial charge is 0.252 e. The van der Waals surface area contributed by atoms with Gasteiger partial charge >= 0.3 is 0 Å². The standard InChI is InChI=1S/C16H17ClN6O/c1-11(22-5-4-13(17)6-16(22)24)12-7-19-23(10-12)15-9-18-8-14(20-15)21(2)3/h4-11H,1-3H3. The number of nitrogens with zero attached hydrogens (tertiary/aromatic N) is 6. The minimum absolute atomic E-state index is 0.155. The Morgan fingerprint density at radius 2 is 2.04 bits per heavy atom. The van der Waals surface area contributed by atoms with E-state index in [1.807, 2.05) is 32.1 Å². The summed E-state index contributed by atoms with van der Waals surface area (Å²) in [6.45, 7) is 1.93. The summed E-state index contributed by atoms with van der Waals surface area (Å²) in [5.74, 6) is 1.36. The normalized spacial score (nSPS) is 12.2. The Labute approximate surface area is 144 Å². The van der Waals surface area contributed by atoms with E-state index >= 15 is 0 Å². The topological polar surface area (TPSA) is 68.8 Å². The highest BCUT2D eigenvalue weighted by atomic mass is 35.5. The maximum atomic E-state index is 12.1. The second kappa shape index (κ2) is 6.45. The highest BCUT2D eigenvalue weighted by molar-refractivity contribution is 6.30. The van der Waals surface area contributed by atoms with Crippen molar-refractivity contribution in [1.29, 1.82) is 0 Å². The molecule has 1 atom stereocenters. The summed E-state index contributed by atoms with van der Waals surface area (Å²) in [6.07, 6.45) is 8.57. The molecule has 0 fully saturated rings. The minimum Gasteiger partial charge on any atom is -0.361 e. The number of hydrogen-bond acceptors (Lipinski definition) is 5. The molecule has 0 amide bonds. The van der Waals surface area contributed by atoms with E-state index in [0.29, 0.717) is 10.8 Å². The van der Waals surface area contributed by atoms with Crippen molar-refractivity contribution in [3.8, 4) is 5.82 Å². The molecular formula is C16H17ClN6O. The molecule has 0 spiro atoms. The maximum absolute atomic E-state index is 12.1. The molecule has 1 unspecified atom stereocenters. The number of pyridine rings is 1. The number of hydrogen-bond donors (Lipinski definition) is 0. The van der Waals surface area contributed by atoms with Crippen molar-refractivity contribution in [3.05, 3.63) is 64.1 Å². The quantitative estimate of drug-likeness (QED) is 0.725. The first-order valence-corrected chi connectivity index (χ1v) is 7.75. The molecule has 0 bridgehead atoms. The Hall–Kier alpha value is -2.67. The Morgan fingerprint density at radius 1 is 1.25 bits per heavy atom. The molecule has 3 aromatic heterocycles. The Kier molecular flexibility index (Phi) is 4.35. The molecule has 24 heavy (non-hydrogen) atoms. The van der Waals surface area contributed by atoms with E-state index in [1.165, 1.54) is 6.07 Å². The van der Waals surface area contributed by atoms with Gasteiger partial charge in [0.15, 0.2) is 5.82 Å². The van der Waals surface area contributed by atoms with Crippen LogP contribution in [-0.2, 0) is 0 Å². The lowest BCUT2D eigenvalue weighted by molar-refractivity contribution is 0.614. The van der Waals surface area contributed by atoms with Crippen molar-refractivity contribution in [1.82, 2.24) is 24.3 Å². The Bertz CT molecular complexity index is 917. The molecule has 0 N–H and O–H groups in total. The van der Waals surface area contributed by atoms with Crippen LogP contribution in [0.1, 0.15) is 18.5 Å². The molecule has 3 aromatic rings. The van der Waals surface area contributed by atoms with Gasteiger partial charge in [0.05, 0.1) is 24.6 Å². The summed E-state index contributed by atoms with van der Waals surface area (Å²) < 4.78 is 3.25. The van der Waals surface area contributed by atoms with Gasteiger partial charge < -0.3 is 9.47 Å². The van der Waals surface area contributed by atoms with Crippen LogP contribution in [0.15, 0.2) is 47.9 Å². The zero-order valence-corrected chi connectivity index (χ0v) is 14.3. The lowest BCUT2D eigenvalue weighted by Crippen LogP contribution is -2.22. The number of rotatable bonds is 4. The van der Waals surface area contributed by atoms with E-state index in [0.717, 1.165) is 11.4 Å². The van der Waals surface area contributed by atoms with E-state index in [2.05, 4.69) is 15.1 Å². The van der Waals surface area contributed by atoms with Gasteiger partial charge in [0, 0.05) is 43.1 Å². The summed E-state index contributed by atoms with van der Waals surface area (Å²) in [5, 5.41) is 4.76. The van der Waals surface area contributed by atoms with E-state index in [9.17, 15) is 4.79 Å². The molecule has 7 nitrogen and oxygen atoms in total. The van der Waals surface area contributed by atoms with Crippen molar-refractivity contribution in [2.45, 2.75) is 13.0 Å². The van der Waals surface area contributed by atoms with Crippen LogP contribution >= 0.6 is 11.6 Å². The molecule has 3 rings (SSSR count). The van der Waals surface area contributed by atoms with Crippen molar-refractivity contribution in [3.63, 3.8) is 0 Å². The fourth-order valence-electron chi connectivity index (χ4n) is 2.30. The molecule has 3 heterocycles. The molecule has 124 valence electrons. The van der Waals surface area contributed by atoms with Gasteiger partial charge in [-0.05, 0) is 13.0 Å². The van der Waals surface area contributed by atoms with Gasteiger partial charge in [-0.1, -0.05) is 11.6 Å². The average molecular weight is 345 g/mol. The Balaban J connectivity index is 1.93. The van der Waals surface area contributed by atoms with E-state index in [1.54, 1.807) is 40.1 Å². The van der Waals surface area contributed by atoms with Crippen LogP contribution in [0, 0.1) is 0 Å². The molecule has 0 aliphatic carbocycles. The predicted molar refractivity (Wildman–Crippen MR) is 93.0 cm³/mol. The van der Waals surface area contributed by atoms with Crippen LogP contribution < -0.4 is 10.5 Å². The van der Waals surface area contributed by atoms with E-state index < -0.39 is 0 Å². The summed E-state index contributed by atoms with van der Waals surface area (Å²) >= 11 is 5.84. The van der Waals surface area contributed by atoms with Crippen molar-refractivity contribution >= 4 is 17.4 Å². The lowest BCUT2D eigenvalue weighted by Gasteiger charge is -2.13. The maximum Gasteiger partial charge on any atom is 0.252 e. The summed E-state index contributed by atoms with van der Waals surface area (Å²) in [7, 11) is 3.80. The first kappa shape index (κ1) is 16.2. The van der Waals surface area contributed by atoms with Crippen molar-refractivity contribution in [2.75, 3.05) is 19.0 Å². The van der Waals surface area contributed by atoms with Crippen LogP contribution in [0.4, 0.5) is 5.82 Å². The highest BCUT2D eigenvalue weighted by Crippen LogP contribution is 2.18. The van der Waals surface area contributed by atoms with Crippen LogP contribution in [-0.4, -0.2) is 38.4 Å². The van der Waals surface area contributed by atoms with Gasteiger partial charge in [-0.3, -0.25) is 9.78 Å². The van der Waals surface area contributed by atoms with Crippen LogP contribution in [0.2, 0.25) is 5.02 Å². The van der Waals surface area contributed by atoms with Gasteiger partial charge in [0.2, 0.25) is 0 Å². The fourth-order valence-corrected chi connectivity index (χ4v) is 2.45. The highest BCUT2D eigenvalue weighted by Gasteiger charge is 2.13. The predicted octanol–water partition coefficient (Wildman–Crippen LogP) is 2.15. The summed E-state index contributed by atoms with van der Waals surface area (Å²) in [6, 6.07) is 2.92. The lowest BCUT2D eigenvalue weighted by atomic mass is 10.2. The average Bonchev–Trinajstić information content (AvgIpc) is 3.04. The fraction of sp³-hybridized carbons (Fsp3) is 0.250. The molecule has 0 aliphatic heterocycles. The van der Waals surface area contributed by atoms with Crippen LogP contribution in [0.5, 0.6) is 0 Å². The zero-order chi connectivity index (χ0) is 17.3. The zero-order valence-electron chi connectivity index (χ0n) is 13.6. The Morgan fingerprint density at radius 3 is 2.75 bits per heavy atom. The van der Waals surface area contributed by atoms with E-state index in [-0.39, 0.29) is 11.6 Å². The largest absolute Gasteiger partial charge is 0.361 e. The van der Waals surface area contributed by atoms with Gasteiger partial charge in [0.25, 0.3) is 5.56 Å². The van der Waals surface area contributed by atoms with Gasteiger partial charge in [-0.2, -0.15) is 5.10 Å². The van der Waals surface area contributed by atoms with Gasteiger partial charge in [-0.15, -0.1) is 0 Å². The molecule has 0 saturated heterocycles. The summed E-state index contributed by atoms with van der Waals surface area (Å²) in [4.78, 5) is 22.6. The van der Waals surface area contributed by atoms with Crippen molar-refractivity contribution < 1.29 is 0 Å². The monoisotopic (exact) mass is 344 g/mol. The second-order valence-corrected chi connectivity index (χ2v) is 6.05. The molecule has 0 saturated carbocycles. The first-order chi connectivity index (χ1) is 11.5. The number of halogens is 1. The van der Waals surface area contributed by atoms with Gasteiger partial charge in [0.1, 0.15) is 5.82 Å². The van der Waals surface area contributed by atoms with Crippen LogP contribution in [0.25, 0.3) is 5.82 Å². The molecule has 0 radical (unpaired) electrons. The molecular weight excluding hydrogens is 328 g/mol. The summed E-state index contributed by atoms with van der Waals surface area (Å²) in [5.41, 5.74) is 0.730. The first-order valence-electron chi connectivity index (χ1n) is 7.37. The molecule has 8 heteroatoms. The number of aromatic nitrogens is 5. The minimum atomic E-state index is -0.173. The second-order valence-electron chi connectivity index (χ2n) is 5.61. The van der Waals surface area contributed by atoms with E-state index in [4.69, 9.17) is 11.6 Å². The third-order valence-corrected chi connectivity index (χ3v) is 3.95. The third kappa shape index (κ3) is 3.16. The van der Waals surface area contributed by atoms with Crippen LogP contribution in [0.3, 0.4) is 0 Å². The van der Waals surface area contributed by atoms with Crippen molar-refractivity contribution in [2.24, 2.45) is 0 Å². The third-order valence-electron chi connectivity index (χ3n) is 3.71. The number of anilines is 1. The molecule has 0 aliphatic rings. The molecule has 0 aromatic carbocycles.